The Morgan fingerprint density at radius 2 is 1.65 bits per heavy atom. The molecule has 1 heterocycles. The average molecular weight is 465 g/mol. The average Bonchev–Trinajstić information content (AvgIpc) is 3.71. The van der Waals surface area contributed by atoms with Crippen molar-refractivity contribution in [3.63, 3.8) is 0 Å². The van der Waals surface area contributed by atoms with Crippen LogP contribution in [0.3, 0.4) is 0 Å². The SMILES string of the molecule is C=CC1CCC(c2ccc(COc3ccc(-c4ccc(C5CO5)cc4F)cc3)c(F)c2F)CC1. The molecular formula is C29H27F3O2. The van der Waals surface area contributed by atoms with Crippen LogP contribution in [0.5, 0.6) is 5.75 Å². The summed E-state index contributed by atoms with van der Waals surface area (Å²) in [6.45, 7) is 4.38. The molecule has 176 valence electrons. The lowest BCUT2D eigenvalue weighted by molar-refractivity contribution is 0.296. The molecule has 2 aliphatic rings. The zero-order valence-corrected chi connectivity index (χ0v) is 18.9. The first-order valence-electron chi connectivity index (χ1n) is 11.8. The van der Waals surface area contributed by atoms with Crippen LogP contribution in [0.1, 0.15) is 54.4 Å². The third-order valence-corrected chi connectivity index (χ3v) is 7.00. The van der Waals surface area contributed by atoms with Crippen LogP contribution in [0, 0.1) is 23.4 Å². The maximum Gasteiger partial charge on any atom is 0.165 e. The Hall–Kier alpha value is -3.05. The van der Waals surface area contributed by atoms with Gasteiger partial charge in [-0.1, -0.05) is 42.5 Å². The van der Waals surface area contributed by atoms with E-state index in [1.807, 2.05) is 12.1 Å². The lowest BCUT2D eigenvalue weighted by Crippen LogP contribution is -2.14. The Morgan fingerprint density at radius 3 is 2.29 bits per heavy atom. The van der Waals surface area contributed by atoms with Gasteiger partial charge in [0.05, 0.1) is 6.61 Å². The largest absolute Gasteiger partial charge is 0.489 e. The Bertz CT molecular complexity index is 1180. The molecule has 0 amide bonds. The van der Waals surface area contributed by atoms with Crippen LogP contribution in [0.25, 0.3) is 11.1 Å². The molecule has 5 rings (SSSR count). The molecule has 1 unspecified atom stereocenters. The van der Waals surface area contributed by atoms with E-state index in [4.69, 9.17) is 9.47 Å². The molecule has 1 aliphatic heterocycles. The molecular weight excluding hydrogens is 437 g/mol. The Balaban J connectivity index is 1.23. The van der Waals surface area contributed by atoms with Gasteiger partial charge in [0, 0.05) is 11.1 Å². The monoisotopic (exact) mass is 464 g/mol. The van der Waals surface area contributed by atoms with Gasteiger partial charge in [0.15, 0.2) is 11.6 Å². The van der Waals surface area contributed by atoms with Crippen LogP contribution < -0.4 is 4.74 Å². The van der Waals surface area contributed by atoms with Crippen molar-refractivity contribution in [1.82, 2.24) is 0 Å². The summed E-state index contributed by atoms with van der Waals surface area (Å²) in [5.74, 6) is -0.914. The predicted octanol–water partition coefficient (Wildman–Crippen LogP) is 7.88. The standard InChI is InChI=1S/C29H27F3O2/c1-2-18-3-5-20(6-4-18)25-14-10-22(28(31)29(25)32)16-33-23-11-7-19(8-12-23)24-13-9-21(15-26(24)30)27-17-34-27/h2,7-15,18,20,27H,1,3-6,16-17H2. The highest BCUT2D eigenvalue weighted by Crippen LogP contribution is 2.38. The number of halogens is 3. The Kier molecular flexibility index (Phi) is 6.46. The van der Waals surface area contributed by atoms with Crippen molar-refractivity contribution in [2.45, 2.75) is 44.3 Å². The fourth-order valence-electron chi connectivity index (χ4n) is 4.80. The van der Waals surface area contributed by atoms with Gasteiger partial charge in [-0.15, -0.1) is 6.58 Å². The van der Waals surface area contributed by atoms with E-state index in [1.54, 1.807) is 42.5 Å². The number of hydrogen-bond donors (Lipinski definition) is 0. The number of hydrogen-bond acceptors (Lipinski definition) is 2. The smallest absolute Gasteiger partial charge is 0.165 e. The maximum atomic E-state index is 14.8. The van der Waals surface area contributed by atoms with Crippen LogP contribution >= 0.6 is 0 Å². The fourth-order valence-corrected chi connectivity index (χ4v) is 4.80. The minimum atomic E-state index is -0.846. The van der Waals surface area contributed by atoms with Crippen molar-refractivity contribution in [3.8, 4) is 16.9 Å². The van der Waals surface area contributed by atoms with Gasteiger partial charge in [-0.3, -0.25) is 0 Å². The number of ether oxygens (including phenoxy) is 2. The van der Waals surface area contributed by atoms with Gasteiger partial charge in [0.1, 0.15) is 24.3 Å². The molecule has 1 saturated heterocycles. The highest BCUT2D eigenvalue weighted by atomic mass is 19.2. The van der Waals surface area contributed by atoms with Gasteiger partial charge in [-0.25, -0.2) is 13.2 Å². The molecule has 5 heteroatoms. The van der Waals surface area contributed by atoms with Gasteiger partial charge in [0.25, 0.3) is 0 Å². The summed E-state index contributed by atoms with van der Waals surface area (Å²) in [7, 11) is 0. The van der Waals surface area contributed by atoms with Gasteiger partial charge in [0.2, 0.25) is 0 Å². The molecule has 0 aromatic heterocycles. The highest BCUT2D eigenvalue weighted by molar-refractivity contribution is 5.65. The van der Waals surface area contributed by atoms with Gasteiger partial charge < -0.3 is 9.47 Å². The van der Waals surface area contributed by atoms with Crippen molar-refractivity contribution in [1.29, 1.82) is 0 Å². The summed E-state index contributed by atoms with van der Waals surface area (Å²) in [5, 5.41) is 0. The number of benzene rings is 3. The first-order valence-corrected chi connectivity index (χ1v) is 11.8. The van der Waals surface area contributed by atoms with E-state index in [0.717, 1.165) is 31.2 Å². The van der Waals surface area contributed by atoms with Crippen LogP contribution in [0.15, 0.2) is 67.3 Å². The summed E-state index contributed by atoms with van der Waals surface area (Å²) >= 11 is 0. The van der Waals surface area contributed by atoms with Crippen LogP contribution in [-0.2, 0) is 11.3 Å². The first-order chi connectivity index (χ1) is 16.5. The third-order valence-electron chi connectivity index (χ3n) is 7.00. The molecule has 2 fully saturated rings. The molecule has 0 bridgehead atoms. The topological polar surface area (TPSA) is 21.8 Å². The molecule has 34 heavy (non-hydrogen) atoms. The fraction of sp³-hybridized carbons (Fsp3) is 0.310. The van der Waals surface area contributed by atoms with Crippen molar-refractivity contribution < 1.29 is 22.6 Å². The van der Waals surface area contributed by atoms with E-state index in [-0.39, 0.29) is 30.0 Å². The molecule has 0 radical (unpaired) electrons. The van der Waals surface area contributed by atoms with E-state index in [9.17, 15) is 13.2 Å². The number of allylic oxidation sites excluding steroid dienone is 1. The number of epoxide rings is 1. The molecule has 0 N–H and O–H groups in total. The first kappa shape index (κ1) is 22.7. The van der Waals surface area contributed by atoms with Crippen molar-refractivity contribution in [2.75, 3.05) is 6.61 Å². The lowest BCUT2D eigenvalue weighted by Gasteiger charge is -2.27. The van der Waals surface area contributed by atoms with Crippen molar-refractivity contribution >= 4 is 0 Å². The van der Waals surface area contributed by atoms with E-state index in [0.29, 0.717) is 35.0 Å². The lowest BCUT2D eigenvalue weighted by atomic mass is 9.78. The molecule has 2 nitrogen and oxygen atoms in total. The number of rotatable bonds is 7. The van der Waals surface area contributed by atoms with Crippen molar-refractivity contribution in [2.24, 2.45) is 5.92 Å². The quantitative estimate of drug-likeness (QED) is 0.262. The minimum Gasteiger partial charge on any atom is -0.489 e. The minimum absolute atomic E-state index is 0.00547. The Morgan fingerprint density at radius 1 is 0.912 bits per heavy atom. The molecule has 3 aromatic rings. The second-order valence-corrected chi connectivity index (χ2v) is 9.16. The van der Waals surface area contributed by atoms with Gasteiger partial charge >= 0.3 is 0 Å². The highest BCUT2D eigenvalue weighted by Gasteiger charge is 2.26. The summed E-state index contributed by atoms with van der Waals surface area (Å²) < 4.78 is 55.0. The zero-order valence-electron chi connectivity index (χ0n) is 18.9. The molecule has 3 aromatic carbocycles. The Labute approximate surface area is 198 Å². The molecule has 1 aliphatic carbocycles. The zero-order chi connectivity index (χ0) is 23.7. The predicted molar refractivity (Wildman–Crippen MR) is 126 cm³/mol. The third kappa shape index (κ3) is 4.76. The van der Waals surface area contributed by atoms with Gasteiger partial charge in [-0.2, -0.15) is 0 Å². The van der Waals surface area contributed by atoms with Crippen LogP contribution in [-0.4, -0.2) is 6.61 Å². The van der Waals surface area contributed by atoms with E-state index in [2.05, 4.69) is 6.58 Å². The van der Waals surface area contributed by atoms with E-state index >= 15 is 0 Å². The maximum absolute atomic E-state index is 14.8. The second kappa shape index (κ2) is 9.67. The van der Waals surface area contributed by atoms with Crippen molar-refractivity contribution in [3.05, 3.63) is 101 Å². The summed E-state index contributed by atoms with van der Waals surface area (Å²) in [6.07, 6.45) is 5.56. The van der Waals surface area contributed by atoms with Crippen LogP contribution in [0.2, 0.25) is 0 Å². The second-order valence-electron chi connectivity index (χ2n) is 9.16. The van der Waals surface area contributed by atoms with Gasteiger partial charge in [-0.05, 0) is 72.4 Å². The normalized spacial score (nSPS) is 21.8. The molecule has 0 spiro atoms. The van der Waals surface area contributed by atoms with E-state index in [1.165, 1.54) is 6.07 Å². The summed E-state index contributed by atoms with van der Waals surface area (Å²) in [5.41, 5.74) is 2.66. The molecule has 1 atom stereocenters. The molecule has 1 saturated carbocycles. The van der Waals surface area contributed by atoms with E-state index < -0.39 is 11.6 Å². The summed E-state index contributed by atoms with van der Waals surface area (Å²) in [4.78, 5) is 0. The summed E-state index contributed by atoms with van der Waals surface area (Å²) in [6, 6.07) is 15.3. The van der Waals surface area contributed by atoms with Crippen LogP contribution in [0.4, 0.5) is 13.2 Å².